The third-order valence-corrected chi connectivity index (χ3v) is 5.93. The normalized spacial score (nSPS) is 11.0. The van der Waals surface area contributed by atoms with Crippen LogP contribution in [0.5, 0.6) is 11.5 Å². The Balaban J connectivity index is 1.62. The average molecular weight is 492 g/mol. The molecule has 35 heavy (non-hydrogen) atoms. The molecule has 180 valence electrons. The third kappa shape index (κ3) is 5.17. The lowest BCUT2D eigenvalue weighted by atomic mass is 10.0. The van der Waals surface area contributed by atoms with Crippen molar-refractivity contribution in [2.45, 2.75) is 26.7 Å². The van der Waals surface area contributed by atoms with Crippen LogP contribution < -0.4 is 14.8 Å². The van der Waals surface area contributed by atoms with Gasteiger partial charge >= 0.3 is 0 Å². The average Bonchev–Trinajstić information content (AvgIpc) is 3.20. The van der Waals surface area contributed by atoms with Crippen molar-refractivity contribution in [3.05, 3.63) is 88.1 Å². The second-order valence-corrected chi connectivity index (χ2v) is 8.92. The van der Waals surface area contributed by atoms with Gasteiger partial charge in [-0.15, -0.1) is 0 Å². The van der Waals surface area contributed by atoms with Crippen molar-refractivity contribution in [1.29, 1.82) is 0 Å². The van der Waals surface area contributed by atoms with E-state index in [-0.39, 0.29) is 18.3 Å². The van der Waals surface area contributed by atoms with Crippen molar-refractivity contribution < 1.29 is 23.5 Å². The summed E-state index contributed by atoms with van der Waals surface area (Å²) in [4.78, 5) is 26.2. The first-order valence-electron chi connectivity index (χ1n) is 11.2. The van der Waals surface area contributed by atoms with Crippen LogP contribution in [0.4, 0.5) is 5.69 Å². The first kappa shape index (κ1) is 24.4. The van der Waals surface area contributed by atoms with E-state index in [4.69, 9.17) is 25.5 Å². The molecule has 7 heteroatoms. The molecule has 1 aromatic heterocycles. The Morgan fingerprint density at radius 3 is 2.51 bits per heavy atom. The van der Waals surface area contributed by atoms with E-state index in [1.807, 2.05) is 31.2 Å². The Labute approximate surface area is 208 Å². The summed E-state index contributed by atoms with van der Waals surface area (Å²) in [6, 6.07) is 17.8. The summed E-state index contributed by atoms with van der Waals surface area (Å²) in [5, 5.41) is 3.73. The minimum Gasteiger partial charge on any atom is -0.495 e. The van der Waals surface area contributed by atoms with Crippen LogP contribution in [0.3, 0.4) is 0 Å². The maximum absolute atomic E-state index is 13.3. The predicted octanol–water partition coefficient (Wildman–Crippen LogP) is 6.78. The summed E-state index contributed by atoms with van der Waals surface area (Å²) in [5.74, 6) is 0.551. The van der Waals surface area contributed by atoms with E-state index in [2.05, 4.69) is 19.2 Å². The van der Waals surface area contributed by atoms with Crippen molar-refractivity contribution >= 4 is 39.9 Å². The van der Waals surface area contributed by atoms with Crippen molar-refractivity contribution in [1.82, 2.24) is 0 Å². The molecule has 0 aliphatic rings. The molecule has 1 amide bonds. The Bertz CT molecular complexity index is 1410. The van der Waals surface area contributed by atoms with E-state index in [1.54, 1.807) is 30.3 Å². The Morgan fingerprint density at radius 2 is 1.80 bits per heavy atom. The van der Waals surface area contributed by atoms with Crippen molar-refractivity contribution in [2.24, 2.45) is 0 Å². The van der Waals surface area contributed by atoms with Crippen LogP contribution >= 0.6 is 11.6 Å². The number of hydrogen-bond acceptors (Lipinski definition) is 5. The van der Waals surface area contributed by atoms with Gasteiger partial charge in [0.1, 0.15) is 17.1 Å². The lowest BCUT2D eigenvalue weighted by Crippen LogP contribution is -2.21. The highest BCUT2D eigenvalue weighted by atomic mass is 35.5. The van der Waals surface area contributed by atoms with Gasteiger partial charge < -0.3 is 19.2 Å². The highest BCUT2D eigenvalue weighted by Crippen LogP contribution is 2.34. The van der Waals surface area contributed by atoms with Gasteiger partial charge in [0.15, 0.2) is 12.4 Å². The second-order valence-electron chi connectivity index (χ2n) is 8.51. The summed E-state index contributed by atoms with van der Waals surface area (Å²) in [6.07, 6.45) is 0. The van der Waals surface area contributed by atoms with Gasteiger partial charge in [-0.2, -0.15) is 0 Å². The van der Waals surface area contributed by atoms with Gasteiger partial charge in [0, 0.05) is 10.9 Å². The van der Waals surface area contributed by atoms with E-state index < -0.39 is 11.7 Å². The van der Waals surface area contributed by atoms with Crippen LogP contribution in [0.15, 0.2) is 65.1 Å². The number of carbonyl (C=O) groups is 2. The molecule has 0 radical (unpaired) electrons. The Kier molecular flexibility index (Phi) is 7.12. The molecule has 1 N–H and O–H groups in total. The van der Waals surface area contributed by atoms with Crippen LogP contribution in [0, 0.1) is 6.92 Å². The highest BCUT2D eigenvalue weighted by Gasteiger charge is 2.24. The van der Waals surface area contributed by atoms with Gasteiger partial charge in [0.25, 0.3) is 5.91 Å². The standard InChI is InChI=1S/C28H26ClNO5/c1-16(2)19-11-9-17(3)13-24(19)34-15-25(31)30-26-20-7-5-6-8-22(20)35-28(26)27(32)18-10-12-23(33-4)21(29)14-18/h5-14,16H,15H2,1-4H3,(H,30,31). The Morgan fingerprint density at radius 1 is 1.03 bits per heavy atom. The summed E-state index contributed by atoms with van der Waals surface area (Å²) >= 11 is 6.22. The molecule has 0 saturated heterocycles. The zero-order valence-electron chi connectivity index (χ0n) is 20.0. The second kappa shape index (κ2) is 10.2. The number of fused-ring (bicyclic) bond motifs is 1. The van der Waals surface area contributed by atoms with Gasteiger partial charge in [-0.3, -0.25) is 9.59 Å². The van der Waals surface area contributed by atoms with Gasteiger partial charge in [-0.1, -0.05) is 49.7 Å². The molecule has 0 bridgehead atoms. The van der Waals surface area contributed by atoms with Gasteiger partial charge in [0.2, 0.25) is 5.78 Å². The number of para-hydroxylation sites is 1. The molecule has 0 aliphatic heterocycles. The van der Waals surface area contributed by atoms with Crippen LogP contribution in [0.2, 0.25) is 5.02 Å². The lowest BCUT2D eigenvalue weighted by molar-refractivity contribution is -0.118. The van der Waals surface area contributed by atoms with Crippen molar-refractivity contribution in [2.75, 3.05) is 19.0 Å². The number of methoxy groups -OCH3 is 1. The van der Waals surface area contributed by atoms with E-state index in [1.165, 1.54) is 13.2 Å². The predicted molar refractivity (Wildman–Crippen MR) is 137 cm³/mol. The number of halogens is 1. The third-order valence-electron chi connectivity index (χ3n) is 5.63. The maximum atomic E-state index is 13.3. The largest absolute Gasteiger partial charge is 0.495 e. The fraction of sp³-hybridized carbons (Fsp3) is 0.214. The fourth-order valence-corrected chi connectivity index (χ4v) is 4.09. The summed E-state index contributed by atoms with van der Waals surface area (Å²) in [5.41, 5.74) is 3.14. The summed E-state index contributed by atoms with van der Waals surface area (Å²) < 4.78 is 16.9. The number of amides is 1. The molecule has 3 aromatic carbocycles. The minimum atomic E-state index is -0.414. The molecular weight excluding hydrogens is 466 g/mol. The fourth-order valence-electron chi connectivity index (χ4n) is 3.83. The van der Waals surface area contributed by atoms with Crippen LogP contribution in [0.25, 0.3) is 11.0 Å². The molecule has 4 rings (SSSR count). The first-order chi connectivity index (χ1) is 16.8. The summed E-state index contributed by atoms with van der Waals surface area (Å²) in [7, 11) is 1.50. The van der Waals surface area contributed by atoms with Crippen molar-refractivity contribution in [3.63, 3.8) is 0 Å². The van der Waals surface area contributed by atoms with Crippen molar-refractivity contribution in [3.8, 4) is 11.5 Å². The van der Waals surface area contributed by atoms with Gasteiger partial charge in [0.05, 0.1) is 17.8 Å². The number of ether oxygens (including phenoxy) is 2. The molecule has 1 heterocycles. The van der Waals surface area contributed by atoms with Gasteiger partial charge in [-0.05, 0) is 60.4 Å². The SMILES string of the molecule is COc1ccc(C(=O)c2oc3ccccc3c2NC(=O)COc2cc(C)ccc2C(C)C)cc1Cl. The van der Waals surface area contributed by atoms with E-state index in [9.17, 15) is 9.59 Å². The van der Waals surface area contributed by atoms with Gasteiger partial charge in [-0.25, -0.2) is 0 Å². The van der Waals surface area contributed by atoms with E-state index in [0.29, 0.717) is 38.7 Å². The molecule has 0 atom stereocenters. The topological polar surface area (TPSA) is 77.8 Å². The molecule has 0 spiro atoms. The number of anilines is 1. The smallest absolute Gasteiger partial charge is 0.262 e. The molecule has 4 aromatic rings. The molecule has 0 aliphatic carbocycles. The first-order valence-corrected chi connectivity index (χ1v) is 11.6. The molecule has 0 fully saturated rings. The number of carbonyl (C=O) groups excluding carboxylic acids is 2. The number of ketones is 1. The van der Waals surface area contributed by atoms with Crippen LogP contribution in [-0.4, -0.2) is 25.4 Å². The van der Waals surface area contributed by atoms with Crippen LogP contribution in [-0.2, 0) is 4.79 Å². The molecule has 0 saturated carbocycles. The molecular formula is C28H26ClNO5. The van der Waals surface area contributed by atoms with E-state index >= 15 is 0 Å². The number of hydrogen-bond donors (Lipinski definition) is 1. The number of aryl methyl sites for hydroxylation is 1. The maximum Gasteiger partial charge on any atom is 0.262 e. The number of benzene rings is 3. The molecule has 6 nitrogen and oxygen atoms in total. The lowest BCUT2D eigenvalue weighted by Gasteiger charge is -2.15. The zero-order valence-corrected chi connectivity index (χ0v) is 20.7. The highest BCUT2D eigenvalue weighted by molar-refractivity contribution is 6.32. The number of nitrogens with one attached hydrogen (secondary N) is 1. The minimum absolute atomic E-state index is 0.0132. The summed E-state index contributed by atoms with van der Waals surface area (Å²) in [6.45, 7) is 5.89. The monoisotopic (exact) mass is 491 g/mol. The number of rotatable bonds is 8. The number of furan rings is 1. The quantitative estimate of drug-likeness (QED) is 0.275. The Hall–Kier alpha value is -3.77. The van der Waals surface area contributed by atoms with Crippen LogP contribution in [0.1, 0.15) is 47.0 Å². The van der Waals surface area contributed by atoms with E-state index in [0.717, 1.165) is 11.1 Å². The zero-order chi connectivity index (χ0) is 25.1. The molecule has 0 unspecified atom stereocenters.